The van der Waals surface area contributed by atoms with Gasteiger partial charge in [0.2, 0.25) is 0 Å². The summed E-state index contributed by atoms with van der Waals surface area (Å²) >= 11 is 0. The second-order valence-electron chi connectivity index (χ2n) is 5.73. The Labute approximate surface area is 119 Å². The number of aliphatic hydroxyl groups excluding tert-OH is 1. The Bertz CT molecular complexity index is 474. The van der Waals surface area contributed by atoms with Crippen molar-refractivity contribution in [2.45, 2.75) is 40.0 Å². The fourth-order valence-electron chi connectivity index (χ4n) is 2.68. The molecule has 1 aliphatic rings. The van der Waals surface area contributed by atoms with Gasteiger partial charge in [0.05, 0.1) is 12.7 Å². The van der Waals surface area contributed by atoms with E-state index in [2.05, 4.69) is 4.99 Å². The number of ketones is 1. The quantitative estimate of drug-likeness (QED) is 0.803. The Morgan fingerprint density at radius 2 is 2.05 bits per heavy atom. The smallest absolute Gasteiger partial charge is 0.316 e. The van der Waals surface area contributed by atoms with Crippen molar-refractivity contribution in [3.05, 3.63) is 11.3 Å². The zero-order valence-electron chi connectivity index (χ0n) is 12.8. The van der Waals surface area contributed by atoms with Crippen LogP contribution < -0.4 is 0 Å². The molecule has 112 valence electrons. The highest BCUT2D eigenvalue weighted by Gasteiger charge is 2.46. The van der Waals surface area contributed by atoms with Gasteiger partial charge in [-0.25, -0.2) is 0 Å². The Morgan fingerprint density at radius 3 is 2.50 bits per heavy atom. The summed E-state index contributed by atoms with van der Waals surface area (Å²) in [5.74, 6) is -1.72. The van der Waals surface area contributed by atoms with Crippen LogP contribution in [0.3, 0.4) is 0 Å². The topological polar surface area (TPSA) is 76.0 Å². The van der Waals surface area contributed by atoms with Crippen LogP contribution in [-0.4, -0.2) is 36.7 Å². The average Bonchev–Trinajstić information content (AvgIpc) is 2.36. The summed E-state index contributed by atoms with van der Waals surface area (Å²) in [5, 5.41) is 10.4. The molecule has 0 amide bonds. The molecule has 1 rings (SSSR count). The lowest BCUT2D eigenvalue weighted by Crippen LogP contribution is -2.41. The van der Waals surface area contributed by atoms with Crippen LogP contribution in [0.5, 0.6) is 0 Å². The van der Waals surface area contributed by atoms with Crippen molar-refractivity contribution in [1.82, 2.24) is 0 Å². The van der Waals surface area contributed by atoms with Gasteiger partial charge in [-0.3, -0.25) is 14.6 Å². The second kappa shape index (κ2) is 6.20. The number of Topliss-reactive ketones (excluding diaryl/α,β-unsaturated/α-hetero) is 1. The van der Waals surface area contributed by atoms with E-state index in [4.69, 9.17) is 4.74 Å². The van der Waals surface area contributed by atoms with Crippen LogP contribution in [0.1, 0.15) is 40.0 Å². The van der Waals surface area contributed by atoms with Gasteiger partial charge in [-0.15, -0.1) is 0 Å². The maximum Gasteiger partial charge on any atom is 0.316 e. The number of carbonyl (C=O) groups excluding carboxylic acids is 2. The number of hydrogen-bond donors (Lipinski definition) is 1. The van der Waals surface area contributed by atoms with E-state index in [0.717, 1.165) is 0 Å². The Kier molecular flexibility index (Phi) is 5.09. The minimum atomic E-state index is -0.825. The largest absolute Gasteiger partial charge is 0.511 e. The lowest BCUT2D eigenvalue weighted by molar-refractivity contribution is -0.149. The molecule has 0 bridgehead atoms. The number of hydrogen-bond acceptors (Lipinski definition) is 5. The molecule has 5 heteroatoms. The molecule has 1 atom stereocenters. The van der Waals surface area contributed by atoms with Crippen LogP contribution >= 0.6 is 0 Å². The number of allylic oxidation sites excluding steroid dienone is 1. The molecule has 0 saturated carbocycles. The maximum absolute atomic E-state index is 12.2. The SMILES string of the molecule is CCCC(=O)C1=C(O)[C@@H](C(=O)OC)C(C)(C)CC1=NC. The van der Waals surface area contributed by atoms with Gasteiger partial charge in [-0.1, -0.05) is 20.8 Å². The van der Waals surface area contributed by atoms with E-state index in [1.54, 1.807) is 7.05 Å². The van der Waals surface area contributed by atoms with Gasteiger partial charge in [0.1, 0.15) is 11.7 Å². The summed E-state index contributed by atoms with van der Waals surface area (Å²) < 4.78 is 4.77. The van der Waals surface area contributed by atoms with Crippen LogP contribution in [0.4, 0.5) is 0 Å². The highest BCUT2D eigenvalue weighted by molar-refractivity contribution is 6.23. The standard InChI is InChI=1S/C15H23NO4/c1-6-7-10(17)11-9(16-4)8-15(2,3)12(13(11)18)14(19)20-5/h12,18H,6-8H2,1-5H3/t12-/m0/s1. The summed E-state index contributed by atoms with van der Waals surface area (Å²) in [5.41, 5.74) is 0.220. The molecular weight excluding hydrogens is 258 g/mol. The number of esters is 1. The lowest BCUT2D eigenvalue weighted by Gasteiger charge is -2.37. The normalized spacial score (nSPS) is 23.9. The van der Waals surface area contributed by atoms with E-state index in [0.29, 0.717) is 25.0 Å². The third kappa shape index (κ3) is 2.92. The fraction of sp³-hybridized carbons (Fsp3) is 0.667. The van der Waals surface area contributed by atoms with Crippen molar-refractivity contribution in [3.8, 4) is 0 Å². The van der Waals surface area contributed by atoms with E-state index in [1.807, 2.05) is 20.8 Å². The predicted molar refractivity (Wildman–Crippen MR) is 76.8 cm³/mol. The molecule has 0 fully saturated rings. The molecular formula is C15H23NO4. The predicted octanol–water partition coefficient (Wildman–Crippen LogP) is 2.46. The van der Waals surface area contributed by atoms with E-state index >= 15 is 0 Å². The molecule has 20 heavy (non-hydrogen) atoms. The molecule has 0 aromatic heterocycles. The molecule has 0 spiro atoms. The van der Waals surface area contributed by atoms with Crippen LogP contribution in [0.15, 0.2) is 16.3 Å². The van der Waals surface area contributed by atoms with E-state index in [1.165, 1.54) is 7.11 Å². The Hall–Kier alpha value is -1.65. The molecule has 0 radical (unpaired) electrons. The summed E-state index contributed by atoms with van der Waals surface area (Å²) in [4.78, 5) is 28.3. The first-order valence-corrected chi connectivity index (χ1v) is 6.80. The zero-order chi connectivity index (χ0) is 15.5. The van der Waals surface area contributed by atoms with Crippen molar-refractivity contribution in [2.24, 2.45) is 16.3 Å². The molecule has 0 unspecified atom stereocenters. The Morgan fingerprint density at radius 1 is 1.45 bits per heavy atom. The van der Waals surface area contributed by atoms with Crippen molar-refractivity contribution < 1.29 is 19.4 Å². The van der Waals surface area contributed by atoms with Crippen molar-refractivity contribution in [3.63, 3.8) is 0 Å². The third-order valence-electron chi connectivity index (χ3n) is 3.69. The fourth-order valence-corrected chi connectivity index (χ4v) is 2.68. The number of rotatable bonds is 4. The minimum Gasteiger partial charge on any atom is -0.511 e. The molecule has 0 heterocycles. The van der Waals surface area contributed by atoms with Crippen molar-refractivity contribution >= 4 is 17.5 Å². The summed E-state index contributed by atoms with van der Waals surface area (Å²) in [7, 11) is 2.87. The van der Waals surface area contributed by atoms with Crippen LogP contribution in [-0.2, 0) is 14.3 Å². The number of methoxy groups -OCH3 is 1. The van der Waals surface area contributed by atoms with Crippen LogP contribution in [0, 0.1) is 11.3 Å². The monoisotopic (exact) mass is 281 g/mol. The van der Waals surface area contributed by atoms with Crippen LogP contribution in [0.2, 0.25) is 0 Å². The van der Waals surface area contributed by atoms with Crippen molar-refractivity contribution in [2.75, 3.05) is 14.2 Å². The number of aliphatic hydroxyl groups is 1. The van der Waals surface area contributed by atoms with Gasteiger partial charge in [-0.05, 0) is 18.3 Å². The summed E-state index contributed by atoms with van der Waals surface area (Å²) in [6.07, 6.45) is 1.46. The van der Waals surface area contributed by atoms with Gasteiger partial charge >= 0.3 is 5.97 Å². The Balaban J connectivity index is 3.41. The minimum absolute atomic E-state index is 0.171. The molecule has 1 aliphatic carbocycles. The molecule has 5 nitrogen and oxygen atoms in total. The van der Waals surface area contributed by atoms with Gasteiger partial charge < -0.3 is 9.84 Å². The van der Waals surface area contributed by atoms with E-state index < -0.39 is 17.3 Å². The molecule has 1 N–H and O–H groups in total. The first kappa shape index (κ1) is 16.4. The number of carbonyl (C=O) groups is 2. The van der Waals surface area contributed by atoms with E-state index in [9.17, 15) is 14.7 Å². The molecule has 0 aliphatic heterocycles. The van der Waals surface area contributed by atoms with Gasteiger partial charge in [0.25, 0.3) is 0 Å². The number of ether oxygens (including phenoxy) is 1. The zero-order valence-corrected chi connectivity index (χ0v) is 12.8. The highest BCUT2D eigenvalue weighted by atomic mass is 16.5. The number of aliphatic imine (C=N–C) groups is 1. The molecule has 0 saturated heterocycles. The summed E-state index contributed by atoms with van der Waals surface area (Å²) in [6, 6.07) is 0. The lowest BCUT2D eigenvalue weighted by atomic mass is 9.67. The number of nitrogens with zero attached hydrogens (tertiary/aromatic N) is 1. The van der Waals surface area contributed by atoms with Crippen molar-refractivity contribution in [1.29, 1.82) is 0 Å². The second-order valence-corrected chi connectivity index (χ2v) is 5.73. The molecule has 0 aromatic carbocycles. The summed E-state index contributed by atoms with van der Waals surface area (Å²) in [6.45, 7) is 5.61. The first-order valence-electron chi connectivity index (χ1n) is 6.80. The van der Waals surface area contributed by atoms with Gasteiger partial charge in [0.15, 0.2) is 5.78 Å². The maximum atomic E-state index is 12.2. The molecule has 0 aromatic rings. The van der Waals surface area contributed by atoms with Gasteiger partial charge in [-0.2, -0.15) is 0 Å². The average molecular weight is 281 g/mol. The highest BCUT2D eigenvalue weighted by Crippen LogP contribution is 2.42. The van der Waals surface area contributed by atoms with E-state index in [-0.39, 0.29) is 17.1 Å². The van der Waals surface area contributed by atoms with Crippen LogP contribution in [0.25, 0.3) is 0 Å². The third-order valence-corrected chi connectivity index (χ3v) is 3.69. The first-order chi connectivity index (χ1) is 9.30. The van der Waals surface area contributed by atoms with Gasteiger partial charge in [0, 0.05) is 19.2 Å².